The lowest BCUT2D eigenvalue weighted by atomic mass is 9.75. The van der Waals surface area contributed by atoms with Crippen molar-refractivity contribution in [2.24, 2.45) is 5.73 Å². The number of hydrogen-bond acceptors (Lipinski definition) is 5. The van der Waals surface area contributed by atoms with Gasteiger partial charge in [0.2, 0.25) is 5.89 Å². The van der Waals surface area contributed by atoms with E-state index < -0.39 is 0 Å². The number of nitrogens with zero attached hydrogens (tertiary/aromatic N) is 3. The zero-order valence-corrected chi connectivity index (χ0v) is 9.36. The first-order chi connectivity index (χ1) is 7.13. The Labute approximate surface area is 89.6 Å². The van der Waals surface area contributed by atoms with Gasteiger partial charge in [0.15, 0.2) is 0 Å². The summed E-state index contributed by atoms with van der Waals surface area (Å²) in [5.74, 6) is 1.31. The Kier molecular flexibility index (Phi) is 2.65. The van der Waals surface area contributed by atoms with Crippen LogP contribution in [0.4, 0.5) is 5.95 Å². The van der Waals surface area contributed by atoms with Crippen molar-refractivity contribution in [3.05, 3.63) is 5.89 Å². The molecule has 1 aromatic rings. The monoisotopic (exact) mass is 210 g/mol. The van der Waals surface area contributed by atoms with Crippen LogP contribution in [0.1, 0.15) is 32.1 Å². The SMILES string of the molecule is CCN(C)c1noc(CC2(N)CCC2)n1. The highest BCUT2D eigenvalue weighted by Gasteiger charge is 2.34. The Bertz CT molecular complexity index is 332. The van der Waals surface area contributed by atoms with Crippen molar-refractivity contribution in [1.82, 2.24) is 10.1 Å². The molecule has 1 saturated carbocycles. The Morgan fingerprint density at radius 2 is 2.27 bits per heavy atom. The molecular weight excluding hydrogens is 192 g/mol. The molecule has 0 bridgehead atoms. The average molecular weight is 210 g/mol. The molecule has 2 N–H and O–H groups in total. The molecule has 0 atom stereocenters. The molecule has 0 unspecified atom stereocenters. The summed E-state index contributed by atoms with van der Waals surface area (Å²) >= 11 is 0. The van der Waals surface area contributed by atoms with Crippen molar-refractivity contribution in [3.8, 4) is 0 Å². The van der Waals surface area contributed by atoms with Crippen LogP contribution in [0.25, 0.3) is 0 Å². The van der Waals surface area contributed by atoms with E-state index in [0.717, 1.165) is 19.4 Å². The van der Waals surface area contributed by atoms with Crippen molar-refractivity contribution in [1.29, 1.82) is 0 Å². The van der Waals surface area contributed by atoms with E-state index in [4.69, 9.17) is 10.3 Å². The van der Waals surface area contributed by atoms with Gasteiger partial charge in [-0.2, -0.15) is 4.98 Å². The van der Waals surface area contributed by atoms with Gasteiger partial charge in [-0.3, -0.25) is 0 Å². The highest BCUT2D eigenvalue weighted by atomic mass is 16.5. The molecule has 15 heavy (non-hydrogen) atoms. The molecular formula is C10H18N4O. The molecule has 0 radical (unpaired) electrons. The highest BCUT2D eigenvalue weighted by molar-refractivity contribution is 5.25. The normalized spacial score (nSPS) is 18.6. The lowest BCUT2D eigenvalue weighted by molar-refractivity contribution is 0.222. The minimum absolute atomic E-state index is 0.0887. The minimum atomic E-state index is -0.0887. The Morgan fingerprint density at radius 1 is 1.53 bits per heavy atom. The van der Waals surface area contributed by atoms with Gasteiger partial charge in [-0.25, -0.2) is 0 Å². The fraction of sp³-hybridized carbons (Fsp3) is 0.800. The van der Waals surface area contributed by atoms with Gasteiger partial charge >= 0.3 is 0 Å². The Morgan fingerprint density at radius 3 is 2.80 bits per heavy atom. The zero-order valence-electron chi connectivity index (χ0n) is 9.36. The van der Waals surface area contributed by atoms with Crippen LogP contribution in [0.15, 0.2) is 4.52 Å². The Balaban J connectivity index is 2.00. The first-order valence-electron chi connectivity index (χ1n) is 5.45. The zero-order chi connectivity index (χ0) is 10.9. The summed E-state index contributed by atoms with van der Waals surface area (Å²) in [5, 5.41) is 3.91. The maximum absolute atomic E-state index is 6.11. The van der Waals surface area contributed by atoms with E-state index in [9.17, 15) is 0 Å². The van der Waals surface area contributed by atoms with Gasteiger partial charge in [-0.15, -0.1) is 0 Å². The van der Waals surface area contributed by atoms with Crippen LogP contribution in [-0.4, -0.2) is 29.3 Å². The van der Waals surface area contributed by atoms with E-state index in [1.165, 1.54) is 6.42 Å². The van der Waals surface area contributed by atoms with E-state index in [0.29, 0.717) is 18.3 Å². The fourth-order valence-corrected chi connectivity index (χ4v) is 1.72. The third-order valence-electron chi connectivity index (χ3n) is 3.13. The largest absolute Gasteiger partial charge is 0.342 e. The molecule has 0 saturated heterocycles. The molecule has 5 heteroatoms. The summed E-state index contributed by atoms with van der Waals surface area (Å²) in [5.41, 5.74) is 6.02. The molecule has 0 aliphatic heterocycles. The average Bonchev–Trinajstić information content (AvgIpc) is 2.62. The quantitative estimate of drug-likeness (QED) is 0.801. The van der Waals surface area contributed by atoms with Crippen molar-refractivity contribution >= 4 is 5.95 Å². The molecule has 1 aliphatic rings. The lowest BCUT2D eigenvalue weighted by Crippen LogP contribution is -2.48. The molecule has 84 valence electrons. The van der Waals surface area contributed by atoms with Gasteiger partial charge in [-0.05, 0) is 31.3 Å². The van der Waals surface area contributed by atoms with Crippen molar-refractivity contribution in [2.45, 2.75) is 38.1 Å². The first-order valence-corrected chi connectivity index (χ1v) is 5.45. The second-order valence-corrected chi connectivity index (χ2v) is 4.39. The van der Waals surface area contributed by atoms with Gasteiger partial charge in [0.25, 0.3) is 5.95 Å². The van der Waals surface area contributed by atoms with Crippen LogP contribution in [0, 0.1) is 0 Å². The fourth-order valence-electron chi connectivity index (χ4n) is 1.72. The number of rotatable bonds is 4. The molecule has 1 aromatic heterocycles. The van der Waals surface area contributed by atoms with Crippen molar-refractivity contribution in [2.75, 3.05) is 18.5 Å². The molecule has 1 aliphatic carbocycles. The number of anilines is 1. The van der Waals surface area contributed by atoms with E-state index in [1.54, 1.807) is 0 Å². The predicted molar refractivity (Wildman–Crippen MR) is 57.7 cm³/mol. The molecule has 1 fully saturated rings. The first kappa shape index (κ1) is 10.4. The molecule has 1 heterocycles. The predicted octanol–water partition coefficient (Wildman–Crippen LogP) is 0.950. The highest BCUT2D eigenvalue weighted by Crippen LogP contribution is 2.32. The van der Waals surface area contributed by atoms with Crippen LogP contribution in [0.3, 0.4) is 0 Å². The van der Waals surface area contributed by atoms with Crippen LogP contribution in [0.5, 0.6) is 0 Å². The summed E-state index contributed by atoms with van der Waals surface area (Å²) in [6.45, 7) is 2.92. The van der Waals surface area contributed by atoms with Crippen LogP contribution in [0.2, 0.25) is 0 Å². The van der Waals surface area contributed by atoms with E-state index in [-0.39, 0.29) is 5.54 Å². The molecule has 5 nitrogen and oxygen atoms in total. The van der Waals surface area contributed by atoms with Gasteiger partial charge < -0.3 is 15.2 Å². The van der Waals surface area contributed by atoms with Gasteiger partial charge in [0.05, 0.1) is 0 Å². The molecule has 2 rings (SSSR count). The second kappa shape index (κ2) is 3.81. The number of hydrogen-bond donors (Lipinski definition) is 1. The van der Waals surface area contributed by atoms with Crippen LogP contribution in [-0.2, 0) is 6.42 Å². The van der Waals surface area contributed by atoms with Crippen molar-refractivity contribution in [3.63, 3.8) is 0 Å². The van der Waals surface area contributed by atoms with E-state index in [2.05, 4.69) is 10.1 Å². The topological polar surface area (TPSA) is 68.2 Å². The number of nitrogens with two attached hydrogens (primary N) is 1. The van der Waals surface area contributed by atoms with Crippen LogP contribution >= 0.6 is 0 Å². The summed E-state index contributed by atoms with van der Waals surface area (Å²) in [6, 6.07) is 0. The third-order valence-corrected chi connectivity index (χ3v) is 3.13. The molecule has 0 aromatic carbocycles. The maximum atomic E-state index is 6.11. The summed E-state index contributed by atoms with van der Waals surface area (Å²) in [4.78, 5) is 6.26. The lowest BCUT2D eigenvalue weighted by Gasteiger charge is -2.36. The van der Waals surface area contributed by atoms with Gasteiger partial charge in [-0.1, -0.05) is 0 Å². The summed E-state index contributed by atoms with van der Waals surface area (Å²) in [6.07, 6.45) is 4.05. The van der Waals surface area contributed by atoms with Gasteiger partial charge in [0.1, 0.15) is 0 Å². The van der Waals surface area contributed by atoms with Crippen molar-refractivity contribution < 1.29 is 4.52 Å². The maximum Gasteiger partial charge on any atom is 0.265 e. The standard InChI is InChI=1S/C10H18N4O/c1-3-14(2)9-12-8(15-13-9)7-10(11)5-4-6-10/h3-7,11H2,1-2H3. The van der Waals surface area contributed by atoms with Gasteiger partial charge in [0, 0.05) is 25.6 Å². The minimum Gasteiger partial charge on any atom is -0.342 e. The van der Waals surface area contributed by atoms with E-state index >= 15 is 0 Å². The number of aromatic nitrogens is 2. The third kappa shape index (κ3) is 2.12. The molecule has 0 amide bonds. The molecule has 0 spiro atoms. The van der Waals surface area contributed by atoms with E-state index in [1.807, 2.05) is 18.9 Å². The summed E-state index contributed by atoms with van der Waals surface area (Å²) in [7, 11) is 1.94. The Hall–Kier alpha value is -1.10. The smallest absolute Gasteiger partial charge is 0.265 e. The second-order valence-electron chi connectivity index (χ2n) is 4.39. The summed E-state index contributed by atoms with van der Waals surface area (Å²) < 4.78 is 5.18. The van der Waals surface area contributed by atoms with Crippen LogP contribution < -0.4 is 10.6 Å².